The number of para-hydroxylation sites is 1. The van der Waals surface area contributed by atoms with Crippen molar-refractivity contribution >= 4 is 34.0 Å². The summed E-state index contributed by atoms with van der Waals surface area (Å²) in [5, 5.41) is 4.86. The topological polar surface area (TPSA) is 71.8 Å². The first-order chi connectivity index (χ1) is 15.1. The molecule has 32 heavy (non-hydrogen) atoms. The van der Waals surface area contributed by atoms with Gasteiger partial charge in [-0.2, -0.15) is 18.3 Å². The highest BCUT2D eigenvalue weighted by Crippen LogP contribution is 2.34. The molecular weight excluding hydrogens is 439 g/mol. The summed E-state index contributed by atoms with van der Waals surface area (Å²) in [6, 6.07) is 10.5. The second-order valence-corrected chi connectivity index (χ2v) is 8.80. The number of hydrazine groups is 1. The lowest BCUT2D eigenvalue weighted by Gasteiger charge is -2.15. The van der Waals surface area contributed by atoms with Crippen LogP contribution in [0.4, 0.5) is 18.9 Å². The summed E-state index contributed by atoms with van der Waals surface area (Å²) in [5.41, 5.74) is 5.08. The van der Waals surface area contributed by atoms with Gasteiger partial charge in [-0.25, -0.2) is 9.67 Å². The largest absolute Gasteiger partial charge is 0.418 e. The Morgan fingerprint density at radius 2 is 1.91 bits per heavy atom. The Labute approximate surface area is 186 Å². The number of amides is 1. The van der Waals surface area contributed by atoms with Crippen LogP contribution in [0.1, 0.15) is 40.7 Å². The van der Waals surface area contributed by atoms with Crippen molar-refractivity contribution < 1.29 is 18.0 Å². The number of alkyl halides is 3. The molecule has 0 aliphatic heterocycles. The first-order valence-electron chi connectivity index (χ1n) is 9.83. The number of hydrogen-bond donors (Lipinski definition) is 2. The fourth-order valence-electron chi connectivity index (χ4n) is 3.31. The molecule has 1 aromatic carbocycles. The molecule has 10 heteroatoms. The van der Waals surface area contributed by atoms with Crippen molar-refractivity contribution in [1.82, 2.24) is 20.2 Å². The number of aryl methyl sites for hydroxylation is 1. The normalized spacial score (nSPS) is 11.8. The fourth-order valence-corrected chi connectivity index (χ4v) is 4.14. The molecule has 0 aliphatic carbocycles. The molecule has 0 radical (unpaired) electrons. The van der Waals surface area contributed by atoms with Crippen LogP contribution in [0.3, 0.4) is 0 Å². The third-order valence-electron chi connectivity index (χ3n) is 4.84. The summed E-state index contributed by atoms with van der Waals surface area (Å²) >= 11 is 1.54. The van der Waals surface area contributed by atoms with Gasteiger partial charge in [0.2, 0.25) is 0 Å². The number of thiophene rings is 1. The number of aromatic nitrogens is 3. The van der Waals surface area contributed by atoms with E-state index in [9.17, 15) is 18.0 Å². The van der Waals surface area contributed by atoms with Crippen LogP contribution < -0.4 is 10.9 Å². The van der Waals surface area contributed by atoms with Crippen LogP contribution in [0.5, 0.6) is 0 Å². The standard InChI is InChI=1S/C22H20F3N5OS/c1-12(2)30-20-15(11-26-30)14(10-18(27-20)19-9-8-13(3)32-19)21(31)29-28-17-7-5-4-6-16(17)22(23,24)25/h4-12,28H,1-3H3,(H,29,31). The molecule has 4 rings (SSSR count). The number of rotatable bonds is 5. The molecular formula is C22H20F3N5OS. The van der Waals surface area contributed by atoms with Crippen molar-refractivity contribution in [3.05, 3.63) is 64.7 Å². The number of carbonyl (C=O) groups is 1. The van der Waals surface area contributed by atoms with Crippen LogP contribution in [0, 0.1) is 6.92 Å². The van der Waals surface area contributed by atoms with Crippen molar-refractivity contribution in [3.8, 4) is 10.6 Å². The smallest absolute Gasteiger partial charge is 0.298 e. The van der Waals surface area contributed by atoms with Gasteiger partial charge in [0.15, 0.2) is 5.65 Å². The van der Waals surface area contributed by atoms with E-state index >= 15 is 0 Å². The minimum atomic E-state index is -4.55. The molecule has 4 aromatic rings. The summed E-state index contributed by atoms with van der Waals surface area (Å²) in [5.74, 6) is -0.591. The lowest BCUT2D eigenvalue weighted by Crippen LogP contribution is -2.30. The van der Waals surface area contributed by atoms with Crippen LogP contribution in [0.15, 0.2) is 48.7 Å². The third-order valence-corrected chi connectivity index (χ3v) is 5.86. The summed E-state index contributed by atoms with van der Waals surface area (Å²) in [6.45, 7) is 5.87. The number of halogens is 3. The monoisotopic (exact) mass is 459 g/mol. The molecule has 0 spiro atoms. The van der Waals surface area contributed by atoms with E-state index in [1.54, 1.807) is 16.9 Å². The maximum atomic E-state index is 13.3. The highest BCUT2D eigenvalue weighted by atomic mass is 32.1. The lowest BCUT2D eigenvalue weighted by atomic mass is 10.1. The van der Waals surface area contributed by atoms with Gasteiger partial charge in [-0.3, -0.25) is 15.6 Å². The van der Waals surface area contributed by atoms with Crippen molar-refractivity contribution in [3.63, 3.8) is 0 Å². The molecule has 166 valence electrons. The molecule has 0 saturated heterocycles. The molecule has 6 nitrogen and oxygen atoms in total. The van der Waals surface area contributed by atoms with E-state index in [0.29, 0.717) is 16.7 Å². The van der Waals surface area contributed by atoms with Gasteiger partial charge in [-0.15, -0.1) is 11.3 Å². The van der Waals surface area contributed by atoms with Crippen LogP contribution in [-0.4, -0.2) is 20.7 Å². The number of pyridine rings is 1. The second-order valence-electron chi connectivity index (χ2n) is 7.51. The first kappa shape index (κ1) is 21.8. The number of nitrogens with zero attached hydrogens (tertiary/aromatic N) is 3. The van der Waals surface area contributed by atoms with E-state index in [2.05, 4.69) is 16.0 Å². The Kier molecular flexibility index (Phi) is 5.64. The lowest BCUT2D eigenvalue weighted by molar-refractivity contribution is -0.137. The van der Waals surface area contributed by atoms with Gasteiger partial charge in [0.05, 0.1) is 39.0 Å². The maximum Gasteiger partial charge on any atom is 0.418 e. The Morgan fingerprint density at radius 1 is 1.16 bits per heavy atom. The number of nitrogens with one attached hydrogen (secondary N) is 2. The number of hydrogen-bond acceptors (Lipinski definition) is 5. The summed E-state index contributed by atoms with van der Waals surface area (Å²) in [7, 11) is 0. The van der Waals surface area contributed by atoms with Crippen molar-refractivity contribution in [2.24, 2.45) is 0 Å². The van der Waals surface area contributed by atoms with Crippen LogP contribution in [0.2, 0.25) is 0 Å². The summed E-state index contributed by atoms with van der Waals surface area (Å²) < 4.78 is 41.5. The van der Waals surface area contributed by atoms with E-state index in [0.717, 1.165) is 15.8 Å². The average Bonchev–Trinajstić information content (AvgIpc) is 3.37. The SMILES string of the molecule is Cc1ccc(-c2cc(C(=O)NNc3ccccc3C(F)(F)F)c3cnn(C(C)C)c3n2)s1. The van der Waals surface area contributed by atoms with Gasteiger partial charge in [0.25, 0.3) is 5.91 Å². The second kappa shape index (κ2) is 8.27. The van der Waals surface area contributed by atoms with Gasteiger partial charge in [-0.05, 0) is 51.1 Å². The van der Waals surface area contributed by atoms with Gasteiger partial charge in [0.1, 0.15) is 0 Å². The molecule has 0 fully saturated rings. The molecule has 0 aliphatic rings. The Hall–Kier alpha value is -3.40. The zero-order valence-corrected chi connectivity index (χ0v) is 18.3. The zero-order chi connectivity index (χ0) is 23.0. The minimum absolute atomic E-state index is 0.00743. The number of fused-ring (bicyclic) bond motifs is 1. The Morgan fingerprint density at radius 3 is 2.56 bits per heavy atom. The van der Waals surface area contributed by atoms with E-state index in [1.165, 1.54) is 29.5 Å². The summed E-state index contributed by atoms with van der Waals surface area (Å²) in [4.78, 5) is 19.7. The highest BCUT2D eigenvalue weighted by molar-refractivity contribution is 7.15. The van der Waals surface area contributed by atoms with Crippen molar-refractivity contribution in [2.75, 3.05) is 5.43 Å². The number of benzene rings is 1. The van der Waals surface area contributed by atoms with E-state index in [-0.39, 0.29) is 17.3 Å². The molecule has 0 bridgehead atoms. The van der Waals surface area contributed by atoms with Crippen molar-refractivity contribution in [2.45, 2.75) is 33.0 Å². The maximum absolute atomic E-state index is 13.3. The zero-order valence-electron chi connectivity index (χ0n) is 17.5. The average molecular weight is 459 g/mol. The van der Waals surface area contributed by atoms with Crippen molar-refractivity contribution in [1.29, 1.82) is 0 Å². The molecule has 3 aromatic heterocycles. The quantitative estimate of drug-likeness (QED) is 0.369. The van der Waals surface area contributed by atoms with E-state index in [4.69, 9.17) is 4.98 Å². The summed E-state index contributed by atoms with van der Waals surface area (Å²) in [6.07, 6.45) is -3.01. The third kappa shape index (κ3) is 4.18. The van der Waals surface area contributed by atoms with Gasteiger partial charge < -0.3 is 0 Å². The van der Waals surface area contributed by atoms with E-state index < -0.39 is 17.6 Å². The van der Waals surface area contributed by atoms with Crippen LogP contribution in [0.25, 0.3) is 21.6 Å². The predicted octanol–water partition coefficient (Wildman–Crippen LogP) is 5.82. The van der Waals surface area contributed by atoms with Crippen LogP contribution in [-0.2, 0) is 6.18 Å². The molecule has 0 saturated carbocycles. The minimum Gasteiger partial charge on any atom is -0.298 e. The fraction of sp³-hybridized carbons (Fsp3) is 0.227. The van der Waals surface area contributed by atoms with E-state index in [1.807, 2.05) is 32.9 Å². The number of carbonyl (C=O) groups excluding carboxylic acids is 1. The Bertz CT molecular complexity index is 1290. The highest BCUT2D eigenvalue weighted by Gasteiger charge is 2.33. The van der Waals surface area contributed by atoms with Crippen LogP contribution >= 0.6 is 11.3 Å². The van der Waals surface area contributed by atoms with Gasteiger partial charge >= 0.3 is 6.18 Å². The molecule has 0 atom stereocenters. The molecule has 3 heterocycles. The van der Waals surface area contributed by atoms with Gasteiger partial charge in [-0.1, -0.05) is 12.1 Å². The molecule has 0 unspecified atom stereocenters. The van der Waals surface area contributed by atoms with Gasteiger partial charge in [0, 0.05) is 10.9 Å². The molecule has 1 amide bonds. The first-order valence-corrected chi connectivity index (χ1v) is 10.6. The predicted molar refractivity (Wildman–Crippen MR) is 118 cm³/mol. The molecule has 2 N–H and O–H groups in total. The Balaban J connectivity index is 1.73. The number of anilines is 1.